The number of rotatable bonds is 6. The third-order valence-corrected chi connectivity index (χ3v) is 9.45. The predicted molar refractivity (Wildman–Crippen MR) is 121 cm³/mol. The van der Waals surface area contributed by atoms with Crippen molar-refractivity contribution in [3.63, 3.8) is 0 Å². The SMILES string of the molecule is C/C=C(/CO[Si](C)(C)C(C)(C)C)N=C(C)c1ccc(C(=O)OC(C)(C)C)cc1. The molecular weight excluding hydrogens is 366 g/mol. The molecule has 5 heteroatoms. The van der Waals surface area contributed by atoms with Crippen molar-refractivity contribution in [3.05, 3.63) is 47.2 Å². The fraction of sp³-hybridized carbons (Fsp3) is 0.565. The first-order chi connectivity index (χ1) is 12.7. The van der Waals surface area contributed by atoms with Crippen LogP contribution in [-0.4, -0.2) is 32.2 Å². The van der Waals surface area contributed by atoms with E-state index < -0.39 is 13.9 Å². The Hall–Kier alpha value is -1.72. The molecule has 0 amide bonds. The first kappa shape index (κ1) is 24.3. The highest BCUT2D eigenvalue weighted by atomic mass is 28.4. The molecule has 28 heavy (non-hydrogen) atoms. The number of carbonyl (C=O) groups excluding carboxylic acids is 1. The molecule has 1 aromatic carbocycles. The van der Waals surface area contributed by atoms with E-state index in [0.717, 1.165) is 17.0 Å². The molecule has 0 aliphatic heterocycles. The summed E-state index contributed by atoms with van der Waals surface area (Å²) in [4.78, 5) is 16.9. The number of allylic oxidation sites excluding steroid dienone is 1. The van der Waals surface area contributed by atoms with E-state index in [0.29, 0.717) is 12.2 Å². The van der Waals surface area contributed by atoms with Crippen LogP contribution in [0, 0.1) is 0 Å². The Bertz CT molecular complexity index is 733. The van der Waals surface area contributed by atoms with Crippen molar-refractivity contribution in [3.8, 4) is 0 Å². The average molecular weight is 404 g/mol. The quantitative estimate of drug-likeness (QED) is 0.315. The van der Waals surface area contributed by atoms with Gasteiger partial charge < -0.3 is 9.16 Å². The van der Waals surface area contributed by atoms with E-state index in [-0.39, 0.29) is 11.0 Å². The number of hydrogen-bond acceptors (Lipinski definition) is 4. The van der Waals surface area contributed by atoms with Crippen LogP contribution in [0.15, 0.2) is 41.0 Å². The molecule has 1 aromatic rings. The van der Waals surface area contributed by atoms with Gasteiger partial charge in [-0.2, -0.15) is 0 Å². The lowest BCUT2D eigenvalue weighted by Crippen LogP contribution is -2.41. The van der Waals surface area contributed by atoms with E-state index >= 15 is 0 Å². The van der Waals surface area contributed by atoms with E-state index in [4.69, 9.17) is 14.2 Å². The highest BCUT2D eigenvalue weighted by Gasteiger charge is 2.37. The zero-order chi connectivity index (χ0) is 21.8. The van der Waals surface area contributed by atoms with Gasteiger partial charge in [0, 0.05) is 5.71 Å². The van der Waals surface area contributed by atoms with Gasteiger partial charge in [-0.05, 0) is 70.4 Å². The summed E-state index contributed by atoms with van der Waals surface area (Å²) >= 11 is 0. The first-order valence-corrected chi connectivity index (χ1v) is 12.8. The maximum atomic E-state index is 12.2. The smallest absolute Gasteiger partial charge is 0.338 e. The summed E-state index contributed by atoms with van der Waals surface area (Å²) in [6.45, 7) is 21.2. The van der Waals surface area contributed by atoms with E-state index in [1.165, 1.54) is 0 Å². The van der Waals surface area contributed by atoms with Gasteiger partial charge in [-0.15, -0.1) is 0 Å². The molecule has 0 spiro atoms. The summed E-state index contributed by atoms with van der Waals surface area (Å²) in [5.74, 6) is -0.314. The molecule has 0 aromatic heterocycles. The van der Waals surface area contributed by atoms with Crippen molar-refractivity contribution < 1.29 is 14.0 Å². The molecule has 156 valence electrons. The van der Waals surface area contributed by atoms with E-state index in [1.807, 2.05) is 52.8 Å². The topological polar surface area (TPSA) is 47.9 Å². The predicted octanol–water partition coefficient (Wildman–Crippen LogP) is 6.38. The second-order valence-electron chi connectivity index (χ2n) is 9.61. The van der Waals surface area contributed by atoms with E-state index in [2.05, 4.69) is 33.9 Å². The number of nitrogens with zero attached hydrogens (tertiary/aromatic N) is 1. The van der Waals surface area contributed by atoms with Crippen molar-refractivity contribution >= 4 is 20.0 Å². The van der Waals surface area contributed by atoms with Crippen molar-refractivity contribution in [1.82, 2.24) is 0 Å². The van der Waals surface area contributed by atoms with Gasteiger partial charge in [0.05, 0.1) is 17.9 Å². The zero-order valence-electron chi connectivity index (χ0n) is 19.3. The minimum atomic E-state index is -1.82. The molecule has 1 rings (SSSR count). The van der Waals surface area contributed by atoms with Crippen LogP contribution < -0.4 is 0 Å². The second-order valence-corrected chi connectivity index (χ2v) is 14.4. The molecule has 0 atom stereocenters. The van der Waals surface area contributed by atoms with Gasteiger partial charge in [0.25, 0.3) is 0 Å². The van der Waals surface area contributed by atoms with Crippen LogP contribution in [-0.2, 0) is 9.16 Å². The van der Waals surface area contributed by atoms with Crippen LogP contribution in [0.4, 0.5) is 0 Å². The Morgan fingerprint density at radius 2 is 1.54 bits per heavy atom. The van der Waals surface area contributed by atoms with Crippen LogP contribution in [0.1, 0.15) is 71.3 Å². The Morgan fingerprint density at radius 3 is 1.96 bits per heavy atom. The van der Waals surface area contributed by atoms with Crippen LogP contribution in [0.3, 0.4) is 0 Å². The number of carbonyl (C=O) groups is 1. The third kappa shape index (κ3) is 7.36. The van der Waals surface area contributed by atoms with Gasteiger partial charge in [-0.25, -0.2) is 4.79 Å². The molecule has 0 saturated heterocycles. The van der Waals surface area contributed by atoms with E-state index in [9.17, 15) is 4.79 Å². The summed E-state index contributed by atoms with van der Waals surface area (Å²) in [6.07, 6.45) is 1.99. The van der Waals surface area contributed by atoms with Gasteiger partial charge in [-0.1, -0.05) is 39.0 Å². The van der Waals surface area contributed by atoms with Crippen LogP contribution in [0.25, 0.3) is 0 Å². The zero-order valence-corrected chi connectivity index (χ0v) is 20.3. The lowest BCUT2D eigenvalue weighted by Gasteiger charge is -2.36. The Morgan fingerprint density at radius 1 is 1.04 bits per heavy atom. The van der Waals surface area contributed by atoms with Crippen molar-refractivity contribution in [1.29, 1.82) is 0 Å². The van der Waals surface area contributed by atoms with E-state index in [1.54, 1.807) is 12.1 Å². The molecule has 0 radical (unpaired) electrons. The number of aliphatic imine (C=N–C) groups is 1. The number of esters is 1. The minimum absolute atomic E-state index is 0.169. The molecule has 4 nitrogen and oxygen atoms in total. The van der Waals surface area contributed by atoms with Crippen molar-refractivity contribution in [2.24, 2.45) is 4.99 Å². The highest BCUT2D eigenvalue weighted by Crippen LogP contribution is 2.36. The molecule has 0 heterocycles. The number of benzene rings is 1. The molecule has 0 N–H and O–H groups in total. The largest absolute Gasteiger partial charge is 0.456 e. The van der Waals surface area contributed by atoms with Gasteiger partial charge in [0.2, 0.25) is 0 Å². The fourth-order valence-corrected chi connectivity index (χ4v) is 3.06. The average Bonchev–Trinajstić information content (AvgIpc) is 2.56. The monoisotopic (exact) mass is 403 g/mol. The molecule has 0 saturated carbocycles. The van der Waals surface area contributed by atoms with Gasteiger partial charge in [0.1, 0.15) is 5.60 Å². The summed E-state index contributed by atoms with van der Waals surface area (Å²) in [5, 5.41) is 0.169. The minimum Gasteiger partial charge on any atom is -0.456 e. The van der Waals surface area contributed by atoms with Crippen molar-refractivity contribution in [2.75, 3.05) is 6.61 Å². The van der Waals surface area contributed by atoms with Crippen LogP contribution in [0.5, 0.6) is 0 Å². The molecule has 0 fully saturated rings. The van der Waals surface area contributed by atoms with Crippen LogP contribution in [0.2, 0.25) is 18.1 Å². The van der Waals surface area contributed by atoms with Crippen molar-refractivity contribution in [2.45, 2.75) is 79.1 Å². The lowest BCUT2D eigenvalue weighted by molar-refractivity contribution is 0.00695. The van der Waals surface area contributed by atoms with Gasteiger partial charge in [0.15, 0.2) is 8.32 Å². The second kappa shape index (κ2) is 9.18. The molecule has 0 aliphatic rings. The maximum Gasteiger partial charge on any atom is 0.338 e. The van der Waals surface area contributed by atoms with Crippen LogP contribution >= 0.6 is 0 Å². The Kier molecular flexibility index (Phi) is 7.97. The number of ether oxygens (including phenoxy) is 1. The summed E-state index contributed by atoms with van der Waals surface area (Å²) in [5.41, 5.74) is 2.82. The lowest BCUT2D eigenvalue weighted by atomic mass is 10.1. The molecule has 0 bridgehead atoms. The molecule has 0 unspecified atom stereocenters. The Labute approximate surface area is 172 Å². The molecule has 0 aliphatic carbocycles. The molecular formula is C23H37NO3Si. The number of hydrogen-bond donors (Lipinski definition) is 0. The normalized spacial score (nSPS) is 14.2. The van der Waals surface area contributed by atoms with Gasteiger partial charge >= 0.3 is 5.97 Å². The standard InChI is InChI=1S/C23H37NO3Si/c1-11-20(16-26-28(9,10)23(6,7)8)24-17(2)18-12-14-19(15-13-18)21(25)27-22(3,4)5/h11-15H,16H2,1-10H3/b20-11-,24-17?. The highest BCUT2D eigenvalue weighted by molar-refractivity contribution is 6.74. The first-order valence-electron chi connectivity index (χ1n) is 9.84. The summed E-state index contributed by atoms with van der Waals surface area (Å²) in [6, 6.07) is 7.37. The Balaban J connectivity index is 2.87. The van der Waals surface area contributed by atoms with Gasteiger partial charge in [-0.3, -0.25) is 4.99 Å². The third-order valence-electron chi connectivity index (χ3n) is 4.97. The summed E-state index contributed by atoms with van der Waals surface area (Å²) in [7, 11) is -1.82. The summed E-state index contributed by atoms with van der Waals surface area (Å²) < 4.78 is 11.7. The maximum absolute atomic E-state index is 12.2. The fourth-order valence-electron chi connectivity index (χ4n) is 2.12.